The van der Waals surface area contributed by atoms with E-state index in [4.69, 9.17) is 10.8 Å². The van der Waals surface area contributed by atoms with Crippen molar-refractivity contribution in [2.45, 2.75) is 44.9 Å². The molecule has 1 rings (SSSR count). The molecule has 94 valence electrons. The van der Waals surface area contributed by atoms with Gasteiger partial charge in [0.2, 0.25) is 5.91 Å². The van der Waals surface area contributed by atoms with Crippen LogP contribution in [-0.2, 0) is 4.79 Å². The first kappa shape index (κ1) is 13.5. The molecule has 0 spiro atoms. The number of unbranched alkanes of at least 4 members (excludes halogenated alkanes) is 3. The lowest BCUT2D eigenvalue weighted by Crippen LogP contribution is -2.31. The van der Waals surface area contributed by atoms with Gasteiger partial charge in [0.15, 0.2) is 0 Å². The Morgan fingerprint density at radius 3 is 2.50 bits per heavy atom. The Morgan fingerprint density at radius 2 is 1.94 bits per heavy atom. The number of nitrogens with one attached hydrogen (secondary N) is 1. The Balaban J connectivity index is 1.95. The molecule has 1 saturated carbocycles. The van der Waals surface area contributed by atoms with E-state index in [1.54, 1.807) is 0 Å². The quantitative estimate of drug-likeness (QED) is 0.511. The van der Waals surface area contributed by atoms with Crippen LogP contribution in [0.1, 0.15) is 44.9 Å². The van der Waals surface area contributed by atoms with Crippen LogP contribution in [0.4, 0.5) is 0 Å². The fraction of sp³-hybridized carbons (Fsp3) is 0.917. The molecule has 0 saturated heterocycles. The molecule has 0 radical (unpaired) electrons. The Bertz CT molecular complexity index is 215. The monoisotopic (exact) mass is 228 g/mol. The van der Waals surface area contributed by atoms with Gasteiger partial charge in [0, 0.05) is 18.4 Å². The van der Waals surface area contributed by atoms with Crippen LogP contribution in [-0.4, -0.2) is 30.7 Å². The molecule has 0 heterocycles. The SMILES string of the molecule is NCCCCCCC(=O)NCC1(CO)CC1. The summed E-state index contributed by atoms with van der Waals surface area (Å²) in [7, 11) is 0. The third kappa shape index (κ3) is 4.94. The Hall–Kier alpha value is -0.610. The van der Waals surface area contributed by atoms with Crippen LogP contribution in [0.15, 0.2) is 0 Å². The van der Waals surface area contributed by atoms with Gasteiger partial charge >= 0.3 is 0 Å². The van der Waals surface area contributed by atoms with Crippen LogP contribution in [0, 0.1) is 5.41 Å². The van der Waals surface area contributed by atoms with Crippen LogP contribution in [0.3, 0.4) is 0 Å². The van der Waals surface area contributed by atoms with Gasteiger partial charge in [-0.2, -0.15) is 0 Å². The van der Waals surface area contributed by atoms with Gasteiger partial charge in [-0.05, 0) is 32.2 Å². The van der Waals surface area contributed by atoms with Crippen molar-refractivity contribution < 1.29 is 9.90 Å². The molecule has 4 heteroatoms. The lowest BCUT2D eigenvalue weighted by atomic mass is 10.1. The van der Waals surface area contributed by atoms with Crippen molar-refractivity contribution in [2.24, 2.45) is 11.1 Å². The molecule has 0 aromatic heterocycles. The molecule has 0 aromatic rings. The molecular formula is C12H24N2O2. The zero-order chi connectivity index (χ0) is 11.9. The topological polar surface area (TPSA) is 75.4 Å². The van der Waals surface area contributed by atoms with Crippen LogP contribution in [0.2, 0.25) is 0 Å². The van der Waals surface area contributed by atoms with E-state index < -0.39 is 0 Å². The van der Waals surface area contributed by atoms with E-state index in [1.165, 1.54) is 0 Å². The fourth-order valence-electron chi connectivity index (χ4n) is 1.73. The highest BCUT2D eigenvalue weighted by molar-refractivity contribution is 5.75. The molecule has 0 unspecified atom stereocenters. The minimum Gasteiger partial charge on any atom is -0.396 e. The molecular weight excluding hydrogens is 204 g/mol. The summed E-state index contributed by atoms with van der Waals surface area (Å²) in [5.74, 6) is 0.118. The van der Waals surface area contributed by atoms with E-state index in [0.717, 1.165) is 45.1 Å². The second-order valence-electron chi connectivity index (χ2n) is 4.89. The van der Waals surface area contributed by atoms with Crippen molar-refractivity contribution in [1.29, 1.82) is 0 Å². The zero-order valence-electron chi connectivity index (χ0n) is 10.0. The highest BCUT2D eigenvalue weighted by atomic mass is 16.3. The van der Waals surface area contributed by atoms with Crippen molar-refractivity contribution in [3.05, 3.63) is 0 Å². The van der Waals surface area contributed by atoms with E-state index in [2.05, 4.69) is 5.32 Å². The Morgan fingerprint density at radius 1 is 1.25 bits per heavy atom. The van der Waals surface area contributed by atoms with Crippen LogP contribution >= 0.6 is 0 Å². The average Bonchev–Trinajstić information content (AvgIpc) is 3.07. The number of carbonyl (C=O) groups is 1. The molecule has 0 aliphatic heterocycles. The van der Waals surface area contributed by atoms with E-state index in [1.807, 2.05) is 0 Å². The minimum atomic E-state index is 0.0230. The van der Waals surface area contributed by atoms with E-state index in [0.29, 0.717) is 13.0 Å². The standard InChI is InChI=1S/C12H24N2O2/c13-8-4-2-1-3-5-11(16)14-9-12(10-15)6-7-12/h15H,1-10,13H2,(H,14,16). The summed E-state index contributed by atoms with van der Waals surface area (Å²) in [4.78, 5) is 11.4. The lowest BCUT2D eigenvalue weighted by Gasteiger charge is -2.12. The maximum atomic E-state index is 11.4. The van der Waals surface area contributed by atoms with Gasteiger partial charge in [0.1, 0.15) is 0 Å². The number of amides is 1. The van der Waals surface area contributed by atoms with E-state index >= 15 is 0 Å². The summed E-state index contributed by atoms with van der Waals surface area (Å²) in [6, 6.07) is 0. The largest absolute Gasteiger partial charge is 0.396 e. The van der Waals surface area contributed by atoms with Gasteiger partial charge in [-0.15, -0.1) is 0 Å². The first-order chi connectivity index (χ1) is 7.72. The number of hydrogen-bond acceptors (Lipinski definition) is 3. The van der Waals surface area contributed by atoms with Gasteiger partial charge in [0.25, 0.3) is 0 Å². The summed E-state index contributed by atoms with van der Waals surface area (Å²) in [5, 5.41) is 12.0. The van der Waals surface area contributed by atoms with Gasteiger partial charge in [-0.1, -0.05) is 12.8 Å². The fourth-order valence-corrected chi connectivity index (χ4v) is 1.73. The second kappa shape index (κ2) is 6.86. The normalized spacial score (nSPS) is 17.1. The molecule has 1 amide bonds. The molecule has 0 bridgehead atoms. The van der Waals surface area contributed by atoms with Crippen molar-refractivity contribution in [1.82, 2.24) is 5.32 Å². The van der Waals surface area contributed by atoms with Crippen molar-refractivity contribution in [3.63, 3.8) is 0 Å². The minimum absolute atomic E-state index is 0.0230. The molecule has 1 aliphatic rings. The maximum Gasteiger partial charge on any atom is 0.220 e. The van der Waals surface area contributed by atoms with Crippen molar-refractivity contribution in [3.8, 4) is 0 Å². The smallest absolute Gasteiger partial charge is 0.220 e. The highest BCUT2D eigenvalue weighted by Crippen LogP contribution is 2.44. The van der Waals surface area contributed by atoms with Crippen LogP contribution < -0.4 is 11.1 Å². The van der Waals surface area contributed by atoms with Gasteiger partial charge in [0.05, 0.1) is 6.61 Å². The molecule has 4 N–H and O–H groups in total. The van der Waals surface area contributed by atoms with Crippen LogP contribution in [0.5, 0.6) is 0 Å². The maximum absolute atomic E-state index is 11.4. The number of rotatable bonds is 9. The molecule has 0 atom stereocenters. The number of carbonyl (C=O) groups excluding carboxylic acids is 1. The predicted octanol–water partition coefficient (Wildman–Crippen LogP) is 0.784. The second-order valence-corrected chi connectivity index (χ2v) is 4.89. The molecule has 1 aliphatic carbocycles. The zero-order valence-corrected chi connectivity index (χ0v) is 10.0. The van der Waals surface area contributed by atoms with Crippen molar-refractivity contribution in [2.75, 3.05) is 19.7 Å². The number of aliphatic hydroxyl groups is 1. The summed E-state index contributed by atoms with van der Waals surface area (Å²) in [5.41, 5.74) is 5.41. The number of aliphatic hydroxyl groups excluding tert-OH is 1. The third-order valence-electron chi connectivity index (χ3n) is 3.31. The number of nitrogens with two attached hydrogens (primary N) is 1. The molecule has 0 aromatic carbocycles. The summed E-state index contributed by atoms with van der Waals surface area (Å²) in [6.45, 7) is 1.58. The Kier molecular flexibility index (Phi) is 5.77. The van der Waals surface area contributed by atoms with Gasteiger partial charge < -0.3 is 16.2 Å². The number of hydrogen-bond donors (Lipinski definition) is 3. The molecule has 16 heavy (non-hydrogen) atoms. The van der Waals surface area contributed by atoms with Crippen molar-refractivity contribution >= 4 is 5.91 Å². The van der Waals surface area contributed by atoms with Gasteiger partial charge in [-0.25, -0.2) is 0 Å². The summed E-state index contributed by atoms with van der Waals surface area (Å²) >= 11 is 0. The average molecular weight is 228 g/mol. The first-order valence-electron chi connectivity index (χ1n) is 6.30. The lowest BCUT2D eigenvalue weighted by molar-refractivity contribution is -0.121. The molecule has 4 nitrogen and oxygen atoms in total. The van der Waals surface area contributed by atoms with Gasteiger partial charge in [-0.3, -0.25) is 4.79 Å². The summed E-state index contributed by atoms with van der Waals surface area (Å²) in [6.07, 6.45) is 6.87. The van der Waals surface area contributed by atoms with Crippen LogP contribution in [0.25, 0.3) is 0 Å². The molecule has 1 fully saturated rings. The first-order valence-corrected chi connectivity index (χ1v) is 6.30. The van der Waals surface area contributed by atoms with E-state index in [-0.39, 0.29) is 17.9 Å². The predicted molar refractivity (Wildman–Crippen MR) is 63.9 cm³/mol. The highest BCUT2D eigenvalue weighted by Gasteiger charge is 2.41. The van der Waals surface area contributed by atoms with E-state index in [9.17, 15) is 4.79 Å². The third-order valence-corrected chi connectivity index (χ3v) is 3.31. The Labute approximate surface area is 97.6 Å². The summed E-state index contributed by atoms with van der Waals surface area (Å²) < 4.78 is 0.